The van der Waals surface area contributed by atoms with Crippen LogP contribution in [0.2, 0.25) is 0 Å². The first-order valence-corrected chi connectivity index (χ1v) is 9.52. The van der Waals surface area contributed by atoms with Crippen LogP contribution in [-0.4, -0.2) is 54.4 Å². The van der Waals surface area contributed by atoms with Gasteiger partial charge < -0.3 is 4.74 Å². The van der Waals surface area contributed by atoms with Crippen LogP contribution in [0.25, 0.3) is 0 Å². The number of rotatable bonds is 5. The van der Waals surface area contributed by atoms with Gasteiger partial charge in [-0.15, -0.1) is 0 Å². The van der Waals surface area contributed by atoms with Crippen molar-refractivity contribution in [2.75, 3.05) is 20.2 Å². The summed E-state index contributed by atoms with van der Waals surface area (Å²) in [5, 5.41) is 10.5. The molecule has 1 saturated carbocycles. The summed E-state index contributed by atoms with van der Waals surface area (Å²) >= 11 is 0. The Balaban J connectivity index is 1.57. The van der Waals surface area contributed by atoms with Crippen molar-refractivity contribution in [3.8, 4) is 0 Å². The number of sulfonamides is 1. The molecule has 8 heteroatoms. The lowest BCUT2D eigenvalue weighted by Crippen LogP contribution is -2.30. The molecule has 1 N–H and O–H groups in total. The Morgan fingerprint density at radius 2 is 1.96 bits per heavy atom. The van der Waals surface area contributed by atoms with Gasteiger partial charge in [-0.1, -0.05) is 12.1 Å². The van der Waals surface area contributed by atoms with E-state index in [-0.39, 0.29) is 12.0 Å². The number of hydrogen-bond acceptors (Lipinski definition) is 5. The molecule has 7 nitrogen and oxygen atoms in total. The molecule has 1 saturated heterocycles. The monoisotopic (exact) mass is 348 g/mol. The van der Waals surface area contributed by atoms with Gasteiger partial charge in [0.2, 0.25) is 10.0 Å². The Hall–Kier alpha value is -1.77. The summed E-state index contributed by atoms with van der Waals surface area (Å²) in [6.45, 7) is 0.665. The van der Waals surface area contributed by atoms with Crippen LogP contribution in [-0.2, 0) is 14.8 Å². The Kier molecular flexibility index (Phi) is 3.90. The number of benzene rings is 1. The van der Waals surface area contributed by atoms with Crippen LogP contribution in [0.15, 0.2) is 35.4 Å². The zero-order chi connectivity index (χ0) is 16.7. The number of hydrogen-bond donors (Lipinski definition) is 1. The minimum absolute atomic E-state index is 0.116. The predicted molar refractivity (Wildman–Crippen MR) is 87.1 cm³/mol. The van der Waals surface area contributed by atoms with Gasteiger partial charge in [0, 0.05) is 26.1 Å². The Bertz CT molecular complexity index is 800. The highest BCUT2D eigenvalue weighted by Gasteiger charge is 2.41. The number of nitrogens with one attached hydrogen (secondary N) is 1. The third-order valence-electron chi connectivity index (χ3n) is 4.92. The summed E-state index contributed by atoms with van der Waals surface area (Å²) in [5.41, 5.74) is 1.95. The number of ether oxygens (including phenoxy) is 1. The molecule has 1 aliphatic carbocycles. The first kappa shape index (κ1) is 15.7. The SMILES string of the molecule is CO[C@@H]1CN(S(=O)(=O)c2ccc(C3CC3)cc2)C[C@H]1c1cn[nH]n1. The van der Waals surface area contributed by atoms with Gasteiger partial charge in [-0.05, 0) is 36.5 Å². The van der Waals surface area contributed by atoms with Crippen LogP contribution in [0.5, 0.6) is 0 Å². The second-order valence-corrected chi connectivity index (χ2v) is 8.38. The van der Waals surface area contributed by atoms with Crippen molar-refractivity contribution in [2.45, 2.75) is 35.7 Å². The number of nitrogens with zero attached hydrogens (tertiary/aromatic N) is 3. The average Bonchev–Trinajstić information content (AvgIpc) is 3.12. The Labute approximate surface area is 141 Å². The molecule has 0 unspecified atom stereocenters. The maximum Gasteiger partial charge on any atom is 0.243 e. The highest BCUT2D eigenvalue weighted by atomic mass is 32.2. The van der Waals surface area contributed by atoms with E-state index in [0.717, 1.165) is 5.69 Å². The molecule has 1 aromatic heterocycles. The first-order valence-electron chi connectivity index (χ1n) is 8.08. The molecule has 24 heavy (non-hydrogen) atoms. The normalized spacial score (nSPS) is 25.2. The van der Waals surface area contributed by atoms with E-state index in [4.69, 9.17) is 4.74 Å². The summed E-state index contributed by atoms with van der Waals surface area (Å²) in [6.07, 6.45) is 3.80. The highest BCUT2D eigenvalue weighted by molar-refractivity contribution is 7.89. The second-order valence-electron chi connectivity index (χ2n) is 6.44. The van der Waals surface area contributed by atoms with Crippen molar-refractivity contribution < 1.29 is 13.2 Å². The van der Waals surface area contributed by atoms with Crippen LogP contribution < -0.4 is 0 Å². The topological polar surface area (TPSA) is 88.2 Å². The maximum absolute atomic E-state index is 12.9. The maximum atomic E-state index is 12.9. The molecule has 0 spiro atoms. The standard InChI is InChI=1S/C16H20N4O3S/c1-23-16-10-20(9-14(16)15-8-17-19-18-15)24(21,22)13-6-4-12(5-7-13)11-2-3-11/h4-8,11,14,16H,2-3,9-10H2,1H3,(H,17,18,19)/t14-,16+/m0/s1. The van der Waals surface area contributed by atoms with Crippen molar-refractivity contribution in [1.29, 1.82) is 0 Å². The third kappa shape index (κ3) is 2.74. The van der Waals surface area contributed by atoms with Crippen LogP contribution >= 0.6 is 0 Å². The molecule has 4 rings (SSSR count). The van der Waals surface area contributed by atoms with E-state index < -0.39 is 10.0 Å². The fourth-order valence-electron chi connectivity index (χ4n) is 3.33. The van der Waals surface area contributed by atoms with Gasteiger partial charge in [-0.25, -0.2) is 8.42 Å². The van der Waals surface area contributed by atoms with E-state index >= 15 is 0 Å². The summed E-state index contributed by atoms with van der Waals surface area (Å²) in [6, 6.07) is 7.30. The highest BCUT2D eigenvalue weighted by Crippen LogP contribution is 2.40. The molecule has 2 heterocycles. The van der Waals surface area contributed by atoms with E-state index in [1.165, 1.54) is 22.7 Å². The van der Waals surface area contributed by atoms with E-state index in [0.29, 0.717) is 23.9 Å². The Morgan fingerprint density at radius 3 is 2.54 bits per heavy atom. The summed E-state index contributed by atoms with van der Waals surface area (Å²) in [5.74, 6) is 0.497. The van der Waals surface area contributed by atoms with Crippen molar-refractivity contribution in [1.82, 2.24) is 19.7 Å². The van der Waals surface area contributed by atoms with Crippen molar-refractivity contribution in [2.24, 2.45) is 0 Å². The van der Waals surface area contributed by atoms with Gasteiger partial charge in [0.05, 0.1) is 22.9 Å². The molecular formula is C16H20N4O3S. The number of methoxy groups -OCH3 is 1. The van der Waals surface area contributed by atoms with Gasteiger partial charge in [-0.2, -0.15) is 19.7 Å². The van der Waals surface area contributed by atoms with E-state index in [1.807, 2.05) is 12.1 Å². The van der Waals surface area contributed by atoms with Crippen LogP contribution in [0, 0.1) is 0 Å². The summed E-state index contributed by atoms with van der Waals surface area (Å²) in [4.78, 5) is 0.336. The minimum Gasteiger partial charge on any atom is -0.379 e. The lowest BCUT2D eigenvalue weighted by atomic mass is 10.0. The van der Waals surface area contributed by atoms with E-state index in [1.54, 1.807) is 25.4 Å². The molecule has 0 amide bonds. The van der Waals surface area contributed by atoms with E-state index in [2.05, 4.69) is 15.4 Å². The molecule has 2 fully saturated rings. The van der Waals surface area contributed by atoms with E-state index in [9.17, 15) is 8.42 Å². The summed E-state index contributed by atoms with van der Waals surface area (Å²) < 4.78 is 32.8. The molecule has 2 aliphatic rings. The van der Waals surface area contributed by atoms with Gasteiger partial charge >= 0.3 is 0 Å². The second kappa shape index (κ2) is 5.94. The number of aromatic nitrogens is 3. The fraction of sp³-hybridized carbons (Fsp3) is 0.500. The smallest absolute Gasteiger partial charge is 0.243 e. The lowest BCUT2D eigenvalue weighted by Gasteiger charge is -2.16. The zero-order valence-electron chi connectivity index (χ0n) is 13.4. The van der Waals surface area contributed by atoms with Crippen LogP contribution in [0.4, 0.5) is 0 Å². The van der Waals surface area contributed by atoms with Crippen molar-refractivity contribution >= 4 is 10.0 Å². The van der Waals surface area contributed by atoms with Gasteiger partial charge in [0.15, 0.2) is 0 Å². The lowest BCUT2D eigenvalue weighted by molar-refractivity contribution is 0.101. The molecule has 128 valence electrons. The molecule has 2 aromatic rings. The van der Waals surface area contributed by atoms with Gasteiger partial charge in [0.1, 0.15) is 0 Å². The quantitative estimate of drug-likeness (QED) is 0.884. The minimum atomic E-state index is -3.53. The molecule has 0 bridgehead atoms. The van der Waals surface area contributed by atoms with Crippen molar-refractivity contribution in [3.63, 3.8) is 0 Å². The zero-order valence-corrected chi connectivity index (χ0v) is 14.2. The molecule has 0 radical (unpaired) electrons. The first-order chi connectivity index (χ1) is 11.6. The molecule has 1 aliphatic heterocycles. The largest absolute Gasteiger partial charge is 0.379 e. The summed E-state index contributed by atoms with van der Waals surface area (Å²) in [7, 11) is -1.94. The average molecular weight is 348 g/mol. The van der Waals surface area contributed by atoms with Gasteiger partial charge in [0.25, 0.3) is 0 Å². The molecule has 2 atom stereocenters. The third-order valence-corrected chi connectivity index (χ3v) is 6.76. The Morgan fingerprint density at radius 1 is 1.21 bits per heavy atom. The predicted octanol–water partition coefficient (Wildman–Crippen LogP) is 1.49. The number of aromatic amines is 1. The molecule has 1 aromatic carbocycles. The van der Waals surface area contributed by atoms with Crippen LogP contribution in [0.3, 0.4) is 0 Å². The van der Waals surface area contributed by atoms with Gasteiger partial charge in [-0.3, -0.25) is 0 Å². The molecular weight excluding hydrogens is 328 g/mol. The van der Waals surface area contributed by atoms with Crippen LogP contribution in [0.1, 0.15) is 35.9 Å². The fourth-order valence-corrected chi connectivity index (χ4v) is 4.80. The van der Waals surface area contributed by atoms with Crippen molar-refractivity contribution in [3.05, 3.63) is 41.7 Å². The number of H-pyrrole nitrogens is 1.